The number of hydrogen-bond donors (Lipinski definition) is 1. The lowest BCUT2D eigenvalue weighted by atomic mass is 10.1. The van der Waals surface area contributed by atoms with Gasteiger partial charge in [-0.2, -0.15) is 0 Å². The number of rotatable bonds is 8. The third-order valence-corrected chi connectivity index (χ3v) is 6.21. The van der Waals surface area contributed by atoms with E-state index < -0.39 is 0 Å². The van der Waals surface area contributed by atoms with Gasteiger partial charge in [0.2, 0.25) is 5.75 Å². The van der Waals surface area contributed by atoms with Crippen molar-refractivity contribution in [3.05, 3.63) is 40.1 Å². The quantitative estimate of drug-likeness (QED) is 0.709. The second kappa shape index (κ2) is 9.96. The molecule has 0 saturated carbocycles. The van der Waals surface area contributed by atoms with Crippen molar-refractivity contribution in [2.45, 2.75) is 6.04 Å². The van der Waals surface area contributed by atoms with Gasteiger partial charge in [-0.05, 0) is 30.6 Å². The first-order valence-corrected chi connectivity index (χ1v) is 10.5. The summed E-state index contributed by atoms with van der Waals surface area (Å²) in [5.41, 5.74) is 0.475. The lowest BCUT2D eigenvalue weighted by Gasteiger charge is -2.37. The Balaban J connectivity index is 1.75. The van der Waals surface area contributed by atoms with Crippen molar-refractivity contribution in [2.75, 3.05) is 61.1 Å². The predicted octanol–water partition coefficient (Wildman–Crippen LogP) is 2.49. The molecule has 7 nitrogen and oxygen atoms in total. The Kier molecular flexibility index (Phi) is 7.35. The number of nitrogens with zero attached hydrogens (tertiary/aromatic N) is 2. The van der Waals surface area contributed by atoms with Gasteiger partial charge >= 0.3 is 0 Å². The highest BCUT2D eigenvalue weighted by Crippen LogP contribution is 2.38. The van der Waals surface area contributed by atoms with Crippen LogP contribution in [0.2, 0.25) is 0 Å². The van der Waals surface area contributed by atoms with Crippen molar-refractivity contribution < 1.29 is 19.0 Å². The molecule has 2 heterocycles. The molecule has 158 valence electrons. The molecular formula is C21H29N3O4S. The number of hydrogen-bond acceptors (Lipinski definition) is 7. The second-order valence-corrected chi connectivity index (χ2v) is 7.97. The standard InChI is InChI=1S/C21H29N3O4S/c1-23-7-9-24(10-8-23)16(19-6-5-11-29-19)14-22-21(25)15-12-17(26-2)20(28-4)18(13-15)27-3/h5-6,11-13,16H,7-10,14H2,1-4H3,(H,22,25)/t16-/m1/s1. The van der Waals surface area contributed by atoms with Crippen LogP contribution in [0.5, 0.6) is 17.2 Å². The van der Waals surface area contributed by atoms with Crippen LogP contribution in [0.3, 0.4) is 0 Å². The Morgan fingerprint density at radius 3 is 2.28 bits per heavy atom. The summed E-state index contributed by atoms with van der Waals surface area (Å²) in [5.74, 6) is 1.23. The minimum atomic E-state index is -0.167. The summed E-state index contributed by atoms with van der Waals surface area (Å²) >= 11 is 1.73. The molecule has 1 aromatic carbocycles. The number of carbonyl (C=O) groups excluding carboxylic acids is 1. The van der Waals surface area contributed by atoms with Gasteiger partial charge in [-0.1, -0.05) is 6.07 Å². The first-order valence-electron chi connectivity index (χ1n) is 9.61. The van der Waals surface area contributed by atoms with E-state index >= 15 is 0 Å². The maximum Gasteiger partial charge on any atom is 0.251 e. The number of nitrogens with one attached hydrogen (secondary N) is 1. The Labute approximate surface area is 176 Å². The Bertz CT molecular complexity index is 779. The van der Waals surface area contributed by atoms with Crippen LogP contribution in [0.15, 0.2) is 29.6 Å². The summed E-state index contributed by atoms with van der Waals surface area (Å²) in [5, 5.41) is 5.18. The van der Waals surface area contributed by atoms with Crippen molar-refractivity contribution in [3.8, 4) is 17.2 Å². The molecule has 1 saturated heterocycles. The molecule has 0 spiro atoms. The van der Waals surface area contributed by atoms with Crippen LogP contribution in [-0.2, 0) is 0 Å². The third kappa shape index (κ3) is 5.01. The highest BCUT2D eigenvalue weighted by atomic mass is 32.1. The zero-order valence-corrected chi connectivity index (χ0v) is 18.3. The normalized spacial score (nSPS) is 16.3. The smallest absolute Gasteiger partial charge is 0.251 e. The van der Waals surface area contributed by atoms with Gasteiger partial charge in [0.05, 0.1) is 27.4 Å². The van der Waals surface area contributed by atoms with E-state index in [4.69, 9.17) is 14.2 Å². The van der Waals surface area contributed by atoms with E-state index in [9.17, 15) is 4.79 Å². The predicted molar refractivity (Wildman–Crippen MR) is 115 cm³/mol. The number of carbonyl (C=O) groups is 1. The molecular weight excluding hydrogens is 390 g/mol. The maximum absolute atomic E-state index is 12.9. The van der Waals surface area contributed by atoms with Crippen LogP contribution < -0.4 is 19.5 Å². The molecule has 0 radical (unpaired) electrons. The van der Waals surface area contributed by atoms with Crippen LogP contribution in [0.1, 0.15) is 21.3 Å². The van der Waals surface area contributed by atoms with E-state index in [0.29, 0.717) is 29.4 Å². The number of methoxy groups -OCH3 is 3. The van der Waals surface area contributed by atoms with Crippen molar-refractivity contribution in [3.63, 3.8) is 0 Å². The fraction of sp³-hybridized carbons (Fsp3) is 0.476. The molecule has 1 amide bonds. The first kappa shape index (κ1) is 21.4. The van der Waals surface area contributed by atoms with Crippen LogP contribution in [0.25, 0.3) is 0 Å². The summed E-state index contributed by atoms with van der Waals surface area (Å²) in [7, 11) is 6.77. The molecule has 1 N–H and O–H groups in total. The zero-order valence-electron chi connectivity index (χ0n) is 17.4. The second-order valence-electron chi connectivity index (χ2n) is 6.99. The third-order valence-electron chi connectivity index (χ3n) is 5.23. The van der Waals surface area contributed by atoms with Gasteiger partial charge in [-0.25, -0.2) is 0 Å². The SMILES string of the molecule is COc1cc(C(=O)NC[C@H](c2cccs2)N2CCN(C)CC2)cc(OC)c1OC. The first-order chi connectivity index (χ1) is 14.1. The molecule has 0 aliphatic carbocycles. The number of benzene rings is 1. The molecule has 0 bridgehead atoms. The van der Waals surface area contributed by atoms with Crippen molar-refractivity contribution >= 4 is 17.2 Å². The molecule has 1 aliphatic rings. The molecule has 8 heteroatoms. The van der Waals surface area contributed by atoms with Crippen molar-refractivity contribution in [1.82, 2.24) is 15.1 Å². The van der Waals surface area contributed by atoms with E-state index in [1.807, 2.05) is 0 Å². The molecule has 3 rings (SSSR count). The van der Waals surface area contributed by atoms with Gasteiger partial charge in [-0.3, -0.25) is 9.69 Å². The average Bonchev–Trinajstić information content (AvgIpc) is 3.28. The highest BCUT2D eigenvalue weighted by molar-refractivity contribution is 7.10. The Hall–Kier alpha value is -2.29. The molecule has 29 heavy (non-hydrogen) atoms. The maximum atomic E-state index is 12.9. The fourth-order valence-corrected chi connectivity index (χ4v) is 4.39. The molecule has 1 aromatic heterocycles. The van der Waals surface area contributed by atoms with E-state index in [2.05, 4.69) is 39.7 Å². The van der Waals surface area contributed by atoms with Gasteiger partial charge in [-0.15, -0.1) is 11.3 Å². The van der Waals surface area contributed by atoms with Crippen molar-refractivity contribution in [1.29, 1.82) is 0 Å². The number of thiophene rings is 1. The number of piperazine rings is 1. The van der Waals surface area contributed by atoms with Crippen LogP contribution in [0, 0.1) is 0 Å². The van der Waals surface area contributed by atoms with Gasteiger partial charge in [0, 0.05) is 43.2 Å². The molecule has 1 atom stereocenters. The zero-order chi connectivity index (χ0) is 20.8. The van der Waals surface area contributed by atoms with Gasteiger partial charge < -0.3 is 24.4 Å². The molecule has 2 aromatic rings. The molecule has 0 unspecified atom stereocenters. The fourth-order valence-electron chi connectivity index (χ4n) is 3.53. The van der Waals surface area contributed by atoms with Gasteiger partial charge in [0.1, 0.15) is 0 Å². The lowest BCUT2D eigenvalue weighted by molar-refractivity contribution is 0.0889. The largest absolute Gasteiger partial charge is 0.493 e. The molecule has 1 aliphatic heterocycles. The van der Waals surface area contributed by atoms with Gasteiger partial charge in [0.15, 0.2) is 11.5 Å². The van der Waals surface area contributed by atoms with Gasteiger partial charge in [0.25, 0.3) is 5.91 Å². The van der Waals surface area contributed by atoms with E-state index in [-0.39, 0.29) is 11.9 Å². The summed E-state index contributed by atoms with van der Waals surface area (Å²) in [6.45, 7) is 4.57. The topological polar surface area (TPSA) is 63.3 Å². The summed E-state index contributed by atoms with van der Waals surface area (Å²) in [4.78, 5) is 18.9. The minimum absolute atomic E-state index is 0.162. The van der Waals surface area contributed by atoms with Crippen LogP contribution in [-0.4, -0.2) is 76.8 Å². The summed E-state index contributed by atoms with van der Waals surface area (Å²) in [6.07, 6.45) is 0. The van der Waals surface area contributed by atoms with E-state index in [1.54, 1.807) is 44.8 Å². The van der Waals surface area contributed by atoms with Crippen LogP contribution >= 0.6 is 11.3 Å². The lowest BCUT2D eigenvalue weighted by Crippen LogP contribution is -2.48. The number of likely N-dealkylation sites (N-methyl/N-ethyl adjacent to an activating group) is 1. The highest BCUT2D eigenvalue weighted by Gasteiger charge is 2.25. The molecule has 1 fully saturated rings. The summed E-state index contributed by atoms with van der Waals surface area (Å²) in [6, 6.07) is 7.71. The minimum Gasteiger partial charge on any atom is -0.493 e. The van der Waals surface area contributed by atoms with Crippen LogP contribution in [0.4, 0.5) is 0 Å². The van der Waals surface area contributed by atoms with Crippen molar-refractivity contribution in [2.24, 2.45) is 0 Å². The number of ether oxygens (including phenoxy) is 3. The number of amides is 1. The van der Waals surface area contributed by atoms with E-state index in [0.717, 1.165) is 26.2 Å². The Morgan fingerprint density at radius 1 is 1.10 bits per heavy atom. The summed E-state index contributed by atoms with van der Waals surface area (Å²) < 4.78 is 16.1. The monoisotopic (exact) mass is 419 g/mol. The Morgan fingerprint density at radius 2 is 1.76 bits per heavy atom. The average molecular weight is 420 g/mol. The van der Waals surface area contributed by atoms with E-state index in [1.165, 1.54) is 4.88 Å².